The molecule has 0 saturated carbocycles. The Bertz CT molecular complexity index is 892. The Morgan fingerprint density at radius 1 is 1.04 bits per heavy atom. The standard InChI is InChI=1S/C18H19N3O2/c1-14(22)19-18-20(2)16-10-6-7-11-17(16)21(18)12-13-23-15-8-4-3-5-9-15/h3-11H,12-13H2,1-2H3. The van der Waals surface area contributed by atoms with Crippen molar-refractivity contribution in [3.8, 4) is 5.75 Å². The third-order valence-electron chi connectivity index (χ3n) is 3.66. The number of aromatic nitrogens is 2. The molecule has 0 aliphatic heterocycles. The van der Waals surface area contributed by atoms with E-state index in [1.807, 2.05) is 70.8 Å². The molecule has 0 aliphatic rings. The van der Waals surface area contributed by atoms with Crippen LogP contribution in [0.15, 0.2) is 59.6 Å². The second-order valence-corrected chi connectivity index (χ2v) is 5.29. The van der Waals surface area contributed by atoms with Gasteiger partial charge in [0.25, 0.3) is 0 Å². The highest BCUT2D eigenvalue weighted by Gasteiger charge is 2.09. The number of benzene rings is 2. The van der Waals surface area contributed by atoms with Crippen LogP contribution in [-0.2, 0) is 18.4 Å². The van der Waals surface area contributed by atoms with E-state index in [1.165, 1.54) is 6.92 Å². The molecule has 118 valence electrons. The molecule has 1 amide bonds. The minimum Gasteiger partial charge on any atom is -0.492 e. The number of amides is 1. The zero-order valence-corrected chi connectivity index (χ0v) is 13.3. The van der Waals surface area contributed by atoms with Crippen molar-refractivity contribution in [1.82, 2.24) is 9.13 Å². The number of ether oxygens (including phenoxy) is 1. The van der Waals surface area contributed by atoms with Crippen LogP contribution in [0.3, 0.4) is 0 Å². The van der Waals surface area contributed by atoms with Gasteiger partial charge in [-0.05, 0) is 24.3 Å². The molecule has 0 spiro atoms. The number of aryl methyl sites for hydroxylation is 1. The van der Waals surface area contributed by atoms with Gasteiger partial charge >= 0.3 is 0 Å². The Morgan fingerprint density at radius 3 is 2.39 bits per heavy atom. The molecule has 0 N–H and O–H groups in total. The fraction of sp³-hybridized carbons (Fsp3) is 0.222. The van der Waals surface area contributed by atoms with Gasteiger partial charge in [0, 0.05) is 14.0 Å². The minimum absolute atomic E-state index is 0.214. The topological polar surface area (TPSA) is 48.5 Å². The van der Waals surface area contributed by atoms with Gasteiger partial charge < -0.3 is 13.9 Å². The summed E-state index contributed by atoms with van der Waals surface area (Å²) in [6.07, 6.45) is 0. The van der Waals surface area contributed by atoms with Crippen molar-refractivity contribution in [2.45, 2.75) is 13.5 Å². The molecular weight excluding hydrogens is 290 g/mol. The highest BCUT2D eigenvalue weighted by molar-refractivity contribution is 5.77. The Kier molecular flexibility index (Phi) is 4.28. The molecule has 0 radical (unpaired) electrons. The number of para-hydroxylation sites is 3. The van der Waals surface area contributed by atoms with Crippen LogP contribution in [0.2, 0.25) is 0 Å². The van der Waals surface area contributed by atoms with E-state index in [4.69, 9.17) is 4.74 Å². The van der Waals surface area contributed by atoms with E-state index in [9.17, 15) is 4.79 Å². The van der Waals surface area contributed by atoms with Gasteiger partial charge in [0.2, 0.25) is 11.5 Å². The molecule has 1 heterocycles. The smallest absolute Gasteiger partial charge is 0.245 e. The van der Waals surface area contributed by atoms with Crippen LogP contribution in [0.4, 0.5) is 0 Å². The maximum Gasteiger partial charge on any atom is 0.245 e. The molecule has 0 fully saturated rings. The number of hydrogen-bond donors (Lipinski definition) is 0. The molecule has 1 aromatic heterocycles. The van der Waals surface area contributed by atoms with Gasteiger partial charge in [-0.1, -0.05) is 30.3 Å². The third-order valence-corrected chi connectivity index (χ3v) is 3.66. The van der Waals surface area contributed by atoms with Gasteiger partial charge in [-0.3, -0.25) is 4.79 Å². The SMILES string of the molecule is CC(=O)N=c1n(C)c2ccccc2n1CCOc1ccccc1. The van der Waals surface area contributed by atoms with Gasteiger partial charge in [0.15, 0.2) is 0 Å². The molecule has 0 unspecified atom stereocenters. The number of rotatable bonds is 4. The first-order chi connectivity index (χ1) is 11.2. The van der Waals surface area contributed by atoms with E-state index in [0.29, 0.717) is 18.8 Å². The summed E-state index contributed by atoms with van der Waals surface area (Å²) in [5.41, 5.74) is 2.70. The quantitative estimate of drug-likeness (QED) is 0.743. The summed E-state index contributed by atoms with van der Waals surface area (Å²) in [4.78, 5) is 15.6. The molecule has 5 heteroatoms. The van der Waals surface area contributed by atoms with Crippen molar-refractivity contribution < 1.29 is 9.53 Å². The molecule has 5 nitrogen and oxygen atoms in total. The molecule has 0 aliphatic carbocycles. The first-order valence-electron chi connectivity index (χ1n) is 7.54. The molecule has 3 rings (SSSR count). The fourth-order valence-corrected chi connectivity index (χ4v) is 2.64. The normalized spacial score (nSPS) is 11.8. The lowest BCUT2D eigenvalue weighted by Gasteiger charge is -2.08. The number of carbonyl (C=O) groups is 1. The summed E-state index contributed by atoms with van der Waals surface area (Å²) in [5.74, 6) is 0.618. The summed E-state index contributed by atoms with van der Waals surface area (Å²) in [5, 5.41) is 0. The van der Waals surface area contributed by atoms with Crippen LogP contribution in [0.25, 0.3) is 11.0 Å². The zero-order chi connectivity index (χ0) is 16.2. The van der Waals surface area contributed by atoms with Crippen LogP contribution < -0.4 is 10.4 Å². The van der Waals surface area contributed by atoms with Crippen LogP contribution >= 0.6 is 0 Å². The van der Waals surface area contributed by atoms with Crippen molar-refractivity contribution in [2.75, 3.05) is 6.61 Å². The predicted molar refractivity (Wildman–Crippen MR) is 89.1 cm³/mol. The maximum atomic E-state index is 11.5. The van der Waals surface area contributed by atoms with Crippen molar-refractivity contribution in [3.63, 3.8) is 0 Å². The van der Waals surface area contributed by atoms with Crippen molar-refractivity contribution in [3.05, 3.63) is 60.2 Å². The summed E-state index contributed by atoms with van der Waals surface area (Å²) in [7, 11) is 1.92. The molecule has 23 heavy (non-hydrogen) atoms. The van der Waals surface area contributed by atoms with Crippen LogP contribution in [0.5, 0.6) is 5.75 Å². The van der Waals surface area contributed by atoms with Crippen molar-refractivity contribution in [2.24, 2.45) is 12.0 Å². The lowest BCUT2D eigenvalue weighted by Crippen LogP contribution is -2.27. The third kappa shape index (κ3) is 3.18. The second-order valence-electron chi connectivity index (χ2n) is 5.29. The average molecular weight is 309 g/mol. The largest absolute Gasteiger partial charge is 0.492 e. The summed E-state index contributed by atoms with van der Waals surface area (Å²) < 4.78 is 9.71. The predicted octanol–water partition coefficient (Wildman–Crippen LogP) is 2.51. The average Bonchev–Trinajstić information content (AvgIpc) is 2.81. The fourth-order valence-electron chi connectivity index (χ4n) is 2.64. The Labute approximate surface area is 134 Å². The lowest BCUT2D eigenvalue weighted by molar-refractivity contribution is -0.116. The van der Waals surface area contributed by atoms with Crippen molar-refractivity contribution in [1.29, 1.82) is 0 Å². The molecule has 3 aromatic rings. The van der Waals surface area contributed by atoms with E-state index in [1.54, 1.807) is 0 Å². The van der Waals surface area contributed by atoms with Gasteiger partial charge in [-0.2, -0.15) is 4.99 Å². The second kappa shape index (κ2) is 6.52. The summed E-state index contributed by atoms with van der Waals surface area (Å²) >= 11 is 0. The van der Waals surface area contributed by atoms with E-state index in [2.05, 4.69) is 4.99 Å². The zero-order valence-electron chi connectivity index (χ0n) is 13.3. The van der Waals surface area contributed by atoms with Gasteiger partial charge in [0.1, 0.15) is 12.4 Å². The summed E-state index contributed by atoms with van der Waals surface area (Å²) in [6, 6.07) is 17.7. The van der Waals surface area contributed by atoms with Gasteiger partial charge in [0.05, 0.1) is 17.6 Å². The Morgan fingerprint density at radius 2 is 1.70 bits per heavy atom. The van der Waals surface area contributed by atoms with Crippen LogP contribution in [0, 0.1) is 0 Å². The Hall–Kier alpha value is -2.82. The molecular formula is C18H19N3O2. The van der Waals surface area contributed by atoms with E-state index in [-0.39, 0.29) is 5.91 Å². The van der Waals surface area contributed by atoms with Crippen LogP contribution in [0.1, 0.15) is 6.92 Å². The number of hydrogen-bond acceptors (Lipinski definition) is 2. The lowest BCUT2D eigenvalue weighted by atomic mass is 10.3. The van der Waals surface area contributed by atoms with Gasteiger partial charge in [-0.25, -0.2) is 0 Å². The highest BCUT2D eigenvalue weighted by Crippen LogP contribution is 2.12. The minimum atomic E-state index is -0.214. The van der Waals surface area contributed by atoms with Crippen LogP contribution in [-0.4, -0.2) is 21.6 Å². The van der Waals surface area contributed by atoms with Gasteiger partial charge in [-0.15, -0.1) is 0 Å². The summed E-state index contributed by atoms with van der Waals surface area (Å²) in [6.45, 7) is 2.58. The highest BCUT2D eigenvalue weighted by atomic mass is 16.5. The Balaban J connectivity index is 1.94. The first kappa shape index (κ1) is 15.1. The maximum absolute atomic E-state index is 11.5. The molecule has 2 aromatic carbocycles. The van der Waals surface area contributed by atoms with E-state index >= 15 is 0 Å². The number of imidazole rings is 1. The molecule has 0 atom stereocenters. The van der Waals surface area contributed by atoms with E-state index < -0.39 is 0 Å². The van der Waals surface area contributed by atoms with Crippen molar-refractivity contribution >= 4 is 16.9 Å². The number of fused-ring (bicyclic) bond motifs is 1. The van der Waals surface area contributed by atoms with E-state index in [0.717, 1.165) is 16.8 Å². The molecule has 0 bridgehead atoms. The number of nitrogens with zero attached hydrogens (tertiary/aromatic N) is 3. The monoisotopic (exact) mass is 309 g/mol. The number of carbonyl (C=O) groups excluding carboxylic acids is 1. The first-order valence-corrected chi connectivity index (χ1v) is 7.54. The molecule has 0 saturated heterocycles.